The molecule has 1 atom stereocenters. The second kappa shape index (κ2) is 7.59. The summed E-state index contributed by atoms with van der Waals surface area (Å²) in [4.78, 5) is 12.9. The lowest BCUT2D eigenvalue weighted by Crippen LogP contribution is -2.34. The normalized spacial score (nSPS) is 17.7. The topological polar surface area (TPSA) is 53.4 Å². The van der Waals surface area contributed by atoms with Crippen LogP contribution in [0.4, 0.5) is 0 Å². The molecule has 5 nitrogen and oxygen atoms in total. The summed E-state index contributed by atoms with van der Waals surface area (Å²) in [6.07, 6.45) is 7.92. The van der Waals surface area contributed by atoms with E-state index in [4.69, 9.17) is 9.47 Å². The van der Waals surface area contributed by atoms with E-state index in [1.165, 1.54) is 19.3 Å². The summed E-state index contributed by atoms with van der Waals surface area (Å²) in [5.74, 6) is 0.865. The third-order valence-corrected chi connectivity index (χ3v) is 4.28. The molecule has 1 aromatic rings. The van der Waals surface area contributed by atoms with Crippen molar-refractivity contribution >= 4 is 5.78 Å². The molecule has 0 spiro atoms. The van der Waals surface area contributed by atoms with Crippen LogP contribution in [-0.4, -0.2) is 35.9 Å². The van der Waals surface area contributed by atoms with Crippen molar-refractivity contribution < 1.29 is 14.3 Å². The van der Waals surface area contributed by atoms with Gasteiger partial charge < -0.3 is 9.47 Å². The lowest BCUT2D eigenvalue weighted by atomic mass is 9.83. The van der Waals surface area contributed by atoms with E-state index in [0.717, 1.165) is 19.3 Å². The van der Waals surface area contributed by atoms with Crippen LogP contribution in [0, 0.1) is 5.92 Å². The van der Waals surface area contributed by atoms with Gasteiger partial charge in [0.2, 0.25) is 5.78 Å². The van der Waals surface area contributed by atoms with Crippen molar-refractivity contribution in [1.29, 1.82) is 0 Å². The molecular weight excluding hydrogens is 268 g/mol. The van der Waals surface area contributed by atoms with Crippen LogP contribution in [-0.2, 0) is 11.3 Å². The van der Waals surface area contributed by atoms with Gasteiger partial charge in [0.25, 0.3) is 0 Å². The van der Waals surface area contributed by atoms with Crippen molar-refractivity contribution in [2.24, 2.45) is 5.92 Å². The Balaban J connectivity index is 2.25. The highest BCUT2D eigenvalue weighted by Gasteiger charge is 2.33. The average Bonchev–Trinajstić information content (AvgIpc) is 2.92. The molecule has 0 aliphatic heterocycles. The zero-order valence-electron chi connectivity index (χ0n) is 13.3. The molecule has 0 amide bonds. The average molecular weight is 294 g/mol. The van der Waals surface area contributed by atoms with Crippen molar-refractivity contribution in [3.8, 4) is 5.75 Å². The molecule has 1 aliphatic rings. The molecule has 1 saturated carbocycles. The van der Waals surface area contributed by atoms with E-state index in [9.17, 15) is 4.79 Å². The van der Waals surface area contributed by atoms with Crippen LogP contribution in [0.5, 0.6) is 5.75 Å². The van der Waals surface area contributed by atoms with Crippen LogP contribution in [0.3, 0.4) is 0 Å². The summed E-state index contributed by atoms with van der Waals surface area (Å²) >= 11 is 0. The van der Waals surface area contributed by atoms with Gasteiger partial charge in [-0.2, -0.15) is 5.10 Å². The minimum Gasteiger partial charge on any atom is -0.493 e. The number of aromatic nitrogens is 2. The number of ether oxygens (including phenoxy) is 2. The first kappa shape index (κ1) is 16.0. The van der Waals surface area contributed by atoms with Gasteiger partial charge in [-0.3, -0.25) is 9.48 Å². The highest BCUT2D eigenvalue weighted by Crippen LogP contribution is 2.31. The first-order valence-electron chi connectivity index (χ1n) is 7.89. The van der Waals surface area contributed by atoms with Gasteiger partial charge in [0, 0.05) is 13.7 Å². The Morgan fingerprint density at radius 3 is 2.67 bits per heavy atom. The summed E-state index contributed by atoms with van der Waals surface area (Å²) in [6.45, 7) is 2.78. The molecule has 0 bridgehead atoms. The van der Waals surface area contributed by atoms with Gasteiger partial charge in [-0.25, -0.2) is 0 Å². The fraction of sp³-hybridized carbons (Fsp3) is 0.750. The van der Waals surface area contributed by atoms with Crippen LogP contribution < -0.4 is 4.74 Å². The van der Waals surface area contributed by atoms with Gasteiger partial charge in [-0.1, -0.05) is 26.2 Å². The van der Waals surface area contributed by atoms with Gasteiger partial charge in [0.1, 0.15) is 11.8 Å². The van der Waals surface area contributed by atoms with Crippen molar-refractivity contribution in [2.45, 2.75) is 58.1 Å². The van der Waals surface area contributed by atoms with E-state index in [2.05, 4.69) is 12.0 Å². The van der Waals surface area contributed by atoms with Crippen LogP contribution in [0.25, 0.3) is 0 Å². The van der Waals surface area contributed by atoms with Gasteiger partial charge in [-0.15, -0.1) is 0 Å². The number of ketones is 1. The highest BCUT2D eigenvalue weighted by molar-refractivity contribution is 6.00. The zero-order chi connectivity index (χ0) is 15.2. The number of hydrogen-bond donors (Lipinski definition) is 0. The summed E-state index contributed by atoms with van der Waals surface area (Å²) in [5.41, 5.74) is 0.553. The molecule has 1 aromatic heterocycles. The van der Waals surface area contributed by atoms with Gasteiger partial charge >= 0.3 is 0 Å². The van der Waals surface area contributed by atoms with Crippen LogP contribution in [0.1, 0.15) is 55.9 Å². The highest BCUT2D eigenvalue weighted by atomic mass is 16.5. The Morgan fingerprint density at radius 1 is 1.38 bits per heavy atom. The molecule has 0 radical (unpaired) electrons. The first-order chi connectivity index (χ1) is 10.2. The maximum absolute atomic E-state index is 12.9. The maximum Gasteiger partial charge on any atom is 0.213 e. The van der Waals surface area contributed by atoms with Crippen LogP contribution in [0.15, 0.2) is 6.20 Å². The molecule has 0 saturated heterocycles. The zero-order valence-corrected chi connectivity index (χ0v) is 13.3. The molecule has 2 rings (SSSR count). The minimum absolute atomic E-state index is 0.00667. The van der Waals surface area contributed by atoms with Crippen LogP contribution >= 0.6 is 0 Å². The second-order valence-electron chi connectivity index (χ2n) is 5.70. The fourth-order valence-corrected chi connectivity index (χ4v) is 3.23. The molecule has 1 fully saturated rings. The summed E-state index contributed by atoms with van der Waals surface area (Å²) in [5, 5.41) is 4.27. The van der Waals surface area contributed by atoms with Gasteiger partial charge in [0.15, 0.2) is 5.75 Å². The quantitative estimate of drug-likeness (QED) is 0.725. The fourth-order valence-electron chi connectivity index (χ4n) is 3.23. The molecule has 0 N–H and O–H groups in total. The molecular formula is C16H26N2O3. The third-order valence-electron chi connectivity index (χ3n) is 4.28. The lowest BCUT2D eigenvalue weighted by molar-refractivity contribution is 0.0302. The number of rotatable bonds is 7. The molecule has 5 heteroatoms. The smallest absolute Gasteiger partial charge is 0.213 e. The van der Waals surface area contributed by atoms with E-state index in [0.29, 0.717) is 23.9 Å². The minimum atomic E-state index is -0.383. The van der Waals surface area contributed by atoms with E-state index in [-0.39, 0.29) is 11.9 Å². The van der Waals surface area contributed by atoms with Crippen molar-refractivity contribution in [3.63, 3.8) is 0 Å². The predicted octanol–water partition coefficient (Wildman–Crippen LogP) is 3.08. The Morgan fingerprint density at radius 2 is 2.10 bits per heavy atom. The summed E-state index contributed by atoms with van der Waals surface area (Å²) in [6, 6.07) is 0. The monoisotopic (exact) mass is 294 g/mol. The predicted molar refractivity (Wildman–Crippen MR) is 80.8 cm³/mol. The standard InChI is InChI=1S/C16H26N2O3/c1-4-10-18-14(13(20-2)11-17-18)15(19)16(21-3)12-8-6-5-7-9-12/h11-12,16H,4-10H2,1-3H3. The van der Waals surface area contributed by atoms with Crippen LogP contribution in [0.2, 0.25) is 0 Å². The molecule has 1 heterocycles. The summed E-state index contributed by atoms with van der Waals surface area (Å²) < 4.78 is 12.6. The lowest BCUT2D eigenvalue weighted by Gasteiger charge is -2.28. The Hall–Kier alpha value is -1.36. The number of Topliss-reactive ketones (excluding diaryl/α,β-unsaturated/α-hetero) is 1. The molecule has 0 aromatic carbocycles. The van der Waals surface area contributed by atoms with E-state index >= 15 is 0 Å². The maximum atomic E-state index is 12.9. The number of carbonyl (C=O) groups is 1. The number of carbonyl (C=O) groups excluding carboxylic acids is 1. The number of methoxy groups -OCH3 is 2. The number of hydrogen-bond acceptors (Lipinski definition) is 4. The van der Waals surface area contributed by atoms with Gasteiger partial charge in [0.05, 0.1) is 13.3 Å². The van der Waals surface area contributed by atoms with E-state index in [1.54, 1.807) is 25.1 Å². The molecule has 1 unspecified atom stereocenters. The summed E-state index contributed by atoms with van der Waals surface area (Å²) in [7, 11) is 3.21. The Bertz CT molecular complexity index is 464. The Labute approximate surface area is 126 Å². The Kier molecular flexibility index (Phi) is 5.79. The second-order valence-corrected chi connectivity index (χ2v) is 5.70. The largest absolute Gasteiger partial charge is 0.493 e. The number of nitrogens with zero attached hydrogens (tertiary/aromatic N) is 2. The molecule has 21 heavy (non-hydrogen) atoms. The SMILES string of the molecule is CCCn1ncc(OC)c1C(=O)C(OC)C1CCCCC1. The first-order valence-corrected chi connectivity index (χ1v) is 7.89. The van der Waals surface area contributed by atoms with Crippen molar-refractivity contribution in [1.82, 2.24) is 9.78 Å². The van der Waals surface area contributed by atoms with E-state index in [1.807, 2.05) is 0 Å². The molecule has 1 aliphatic carbocycles. The molecule has 118 valence electrons. The van der Waals surface area contributed by atoms with Crippen molar-refractivity contribution in [2.75, 3.05) is 14.2 Å². The van der Waals surface area contributed by atoms with Crippen molar-refractivity contribution in [3.05, 3.63) is 11.9 Å². The van der Waals surface area contributed by atoms with E-state index < -0.39 is 0 Å². The van der Waals surface area contributed by atoms with Gasteiger partial charge in [-0.05, 0) is 25.2 Å². The third kappa shape index (κ3) is 3.46. The number of aryl methyl sites for hydroxylation is 1.